The second kappa shape index (κ2) is 4.13. The van der Waals surface area contributed by atoms with E-state index < -0.39 is 0 Å². The van der Waals surface area contributed by atoms with Crippen molar-refractivity contribution >= 4 is 5.69 Å². The second-order valence-electron chi connectivity index (χ2n) is 5.37. The number of hydrogen-bond donors (Lipinski definition) is 2. The number of benzene rings is 1. The Morgan fingerprint density at radius 2 is 1.73 bits per heavy atom. The van der Waals surface area contributed by atoms with E-state index in [1.54, 1.807) is 6.07 Å². The molecule has 15 heavy (non-hydrogen) atoms. The maximum Gasteiger partial charge on any atom is 0.118 e. The number of hydrogen-bond acceptors (Lipinski definition) is 2. The molecule has 0 aromatic heterocycles. The highest BCUT2D eigenvalue weighted by molar-refractivity contribution is 5.56. The third-order valence-corrected chi connectivity index (χ3v) is 2.35. The summed E-state index contributed by atoms with van der Waals surface area (Å²) >= 11 is 0. The average molecular weight is 207 g/mol. The normalized spacial score (nSPS) is 11.5. The molecule has 0 fully saturated rings. The Morgan fingerprint density at radius 3 is 2.27 bits per heavy atom. The summed E-state index contributed by atoms with van der Waals surface area (Å²) in [6.45, 7) is 11.4. The van der Waals surface area contributed by atoms with Gasteiger partial charge in [-0.15, -0.1) is 0 Å². The van der Waals surface area contributed by atoms with Gasteiger partial charge in [-0.05, 0) is 42.5 Å². The highest BCUT2D eigenvalue weighted by atomic mass is 16.3. The maximum absolute atomic E-state index is 9.52. The van der Waals surface area contributed by atoms with Crippen molar-refractivity contribution in [1.82, 2.24) is 0 Å². The van der Waals surface area contributed by atoms with Crippen LogP contribution in [0.15, 0.2) is 12.1 Å². The van der Waals surface area contributed by atoms with Crippen LogP contribution in [0.1, 0.15) is 31.9 Å². The highest BCUT2D eigenvalue weighted by Crippen LogP contribution is 2.26. The van der Waals surface area contributed by atoms with Crippen molar-refractivity contribution in [2.75, 3.05) is 11.9 Å². The zero-order valence-corrected chi connectivity index (χ0v) is 10.3. The summed E-state index contributed by atoms with van der Waals surface area (Å²) in [4.78, 5) is 0. The van der Waals surface area contributed by atoms with Gasteiger partial charge in [-0.1, -0.05) is 20.8 Å². The van der Waals surface area contributed by atoms with Crippen LogP contribution in [0.2, 0.25) is 0 Å². The van der Waals surface area contributed by atoms with E-state index in [2.05, 4.69) is 26.1 Å². The van der Waals surface area contributed by atoms with Gasteiger partial charge < -0.3 is 10.4 Å². The van der Waals surface area contributed by atoms with Crippen molar-refractivity contribution in [3.8, 4) is 5.75 Å². The van der Waals surface area contributed by atoms with Crippen LogP contribution in [0, 0.1) is 19.3 Å². The first-order valence-corrected chi connectivity index (χ1v) is 5.34. The molecule has 84 valence electrons. The van der Waals surface area contributed by atoms with Crippen LogP contribution in [0.4, 0.5) is 5.69 Å². The van der Waals surface area contributed by atoms with Gasteiger partial charge in [-0.3, -0.25) is 0 Å². The van der Waals surface area contributed by atoms with Gasteiger partial charge in [0.15, 0.2) is 0 Å². The fourth-order valence-electron chi connectivity index (χ4n) is 1.35. The predicted octanol–water partition coefficient (Wildman–Crippen LogP) is 3.47. The van der Waals surface area contributed by atoms with E-state index in [0.717, 1.165) is 23.4 Å². The lowest BCUT2D eigenvalue weighted by molar-refractivity contribution is 0.443. The molecule has 0 bridgehead atoms. The minimum absolute atomic E-state index is 0.262. The zero-order valence-electron chi connectivity index (χ0n) is 10.3. The van der Waals surface area contributed by atoms with E-state index in [1.165, 1.54) is 0 Å². The first-order chi connectivity index (χ1) is 6.79. The van der Waals surface area contributed by atoms with E-state index in [0.29, 0.717) is 5.75 Å². The Kier molecular flexibility index (Phi) is 3.28. The first kappa shape index (κ1) is 11.9. The topological polar surface area (TPSA) is 32.3 Å². The van der Waals surface area contributed by atoms with Gasteiger partial charge in [0, 0.05) is 12.2 Å². The summed E-state index contributed by atoms with van der Waals surface area (Å²) in [5, 5.41) is 12.9. The third kappa shape index (κ3) is 3.46. The lowest BCUT2D eigenvalue weighted by Crippen LogP contribution is -2.19. The lowest BCUT2D eigenvalue weighted by atomic mass is 9.96. The molecule has 2 heteroatoms. The number of phenolic OH excluding ortho intramolecular Hbond substituents is 1. The number of aryl methyl sites for hydroxylation is 2. The molecule has 2 nitrogen and oxygen atoms in total. The molecule has 1 rings (SSSR count). The number of phenols is 1. The Morgan fingerprint density at radius 1 is 1.13 bits per heavy atom. The van der Waals surface area contributed by atoms with Crippen molar-refractivity contribution in [2.45, 2.75) is 34.6 Å². The van der Waals surface area contributed by atoms with Gasteiger partial charge in [0.2, 0.25) is 0 Å². The number of rotatable bonds is 2. The minimum atomic E-state index is 0.262. The molecule has 0 aliphatic heterocycles. The highest BCUT2D eigenvalue weighted by Gasteiger charge is 2.10. The Balaban J connectivity index is 2.82. The summed E-state index contributed by atoms with van der Waals surface area (Å²) in [7, 11) is 0. The summed E-state index contributed by atoms with van der Waals surface area (Å²) in [5.41, 5.74) is 3.37. The molecule has 1 aromatic rings. The molecule has 0 aliphatic carbocycles. The Labute approximate surface area is 92.3 Å². The average Bonchev–Trinajstić information content (AvgIpc) is 2.07. The summed E-state index contributed by atoms with van der Waals surface area (Å²) < 4.78 is 0. The van der Waals surface area contributed by atoms with E-state index in [9.17, 15) is 5.11 Å². The molecule has 0 aliphatic rings. The maximum atomic E-state index is 9.52. The lowest BCUT2D eigenvalue weighted by Gasteiger charge is -2.21. The molecule has 0 unspecified atom stereocenters. The van der Waals surface area contributed by atoms with Crippen molar-refractivity contribution in [3.05, 3.63) is 23.3 Å². The fraction of sp³-hybridized carbons (Fsp3) is 0.538. The van der Waals surface area contributed by atoms with Crippen LogP contribution in [-0.4, -0.2) is 11.7 Å². The molecular weight excluding hydrogens is 186 g/mol. The van der Waals surface area contributed by atoms with Crippen molar-refractivity contribution in [1.29, 1.82) is 0 Å². The largest absolute Gasteiger partial charge is 0.508 e. The molecule has 2 N–H and O–H groups in total. The van der Waals surface area contributed by atoms with Crippen LogP contribution in [-0.2, 0) is 0 Å². The number of aromatic hydroxyl groups is 1. The van der Waals surface area contributed by atoms with Crippen LogP contribution in [0.3, 0.4) is 0 Å². The van der Waals surface area contributed by atoms with E-state index in [1.807, 2.05) is 19.9 Å². The van der Waals surface area contributed by atoms with Crippen molar-refractivity contribution in [2.24, 2.45) is 5.41 Å². The first-order valence-electron chi connectivity index (χ1n) is 5.34. The minimum Gasteiger partial charge on any atom is -0.508 e. The molecule has 0 saturated heterocycles. The molecule has 0 spiro atoms. The van der Waals surface area contributed by atoms with Gasteiger partial charge in [0.05, 0.1) is 0 Å². The van der Waals surface area contributed by atoms with Gasteiger partial charge in [-0.25, -0.2) is 0 Å². The number of nitrogens with one attached hydrogen (secondary N) is 1. The quantitative estimate of drug-likeness (QED) is 0.728. The zero-order chi connectivity index (χ0) is 11.6. The Hall–Kier alpha value is -1.18. The van der Waals surface area contributed by atoms with Crippen LogP contribution >= 0.6 is 0 Å². The standard InChI is InChI=1S/C13H21NO/c1-9-7-12(15)10(2)6-11(9)14-8-13(3,4)5/h6-7,14-15H,8H2,1-5H3. The molecule has 1 aromatic carbocycles. The predicted molar refractivity (Wildman–Crippen MR) is 65.5 cm³/mol. The van der Waals surface area contributed by atoms with E-state index >= 15 is 0 Å². The Bertz CT molecular complexity index is 350. The second-order valence-corrected chi connectivity index (χ2v) is 5.37. The SMILES string of the molecule is Cc1cc(NCC(C)(C)C)c(C)cc1O. The summed E-state index contributed by atoms with van der Waals surface area (Å²) in [5.74, 6) is 0.369. The molecular formula is C13H21NO. The smallest absolute Gasteiger partial charge is 0.118 e. The summed E-state index contributed by atoms with van der Waals surface area (Å²) in [6, 6.07) is 3.80. The van der Waals surface area contributed by atoms with Gasteiger partial charge in [0.1, 0.15) is 5.75 Å². The molecule has 0 radical (unpaired) electrons. The van der Waals surface area contributed by atoms with Gasteiger partial charge in [0.25, 0.3) is 0 Å². The molecule has 0 atom stereocenters. The van der Waals surface area contributed by atoms with E-state index in [-0.39, 0.29) is 5.41 Å². The summed E-state index contributed by atoms with van der Waals surface area (Å²) in [6.07, 6.45) is 0. The monoisotopic (exact) mass is 207 g/mol. The fourth-order valence-corrected chi connectivity index (χ4v) is 1.35. The molecule has 0 saturated carbocycles. The molecule has 0 heterocycles. The van der Waals surface area contributed by atoms with Crippen LogP contribution in [0.25, 0.3) is 0 Å². The van der Waals surface area contributed by atoms with Gasteiger partial charge >= 0.3 is 0 Å². The van der Waals surface area contributed by atoms with Crippen LogP contribution < -0.4 is 5.32 Å². The van der Waals surface area contributed by atoms with Crippen molar-refractivity contribution in [3.63, 3.8) is 0 Å². The molecule has 0 amide bonds. The third-order valence-electron chi connectivity index (χ3n) is 2.35. The van der Waals surface area contributed by atoms with E-state index in [4.69, 9.17) is 0 Å². The number of anilines is 1. The van der Waals surface area contributed by atoms with Crippen LogP contribution in [0.5, 0.6) is 5.75 Å². The van der Waals surface area contributed by atoms with Gasteiger partial charge in [-0.2, -0.15) is 0 Å². The van der Waals surface area contributed by atoms with Crippen molar-refractivity contribution < 1.29 is 5.11 Å².